The van der Waals surface area contributed by atoms with Gasteiger partial charge in [-0.25, -0.2) is 0 Å². The lowest BCUT2D eigenvalue weighted by atomic mass is 10.1. The van der Waals surface area contributed by atoms with Crippen LogP contribution in [-0.4, -0.2) is 49.5 Å². The smallest absolute Gasteiger partial charge is 0.222 e. The molecule has 2 unspecified atom stereocenters. The zero-order valence-electron chi connectivity index (χ0n) is 11.6. The Morgan fingerprint density at radius 1 is 1.26 bits per heavy atom. The van der Waals surface area contributed by atoms with E-state index in [2.05, 4.69) is 10.6 Å². The third-order valence-electron chi connectivity index (χ3n) is 4.15. The molecule has 0 aromatic carbocycles. The van der Waals surface area contributed by atoms with Gasteiger partial charge in [-0.2, -0.15) is 0 Å². The second kappa shape index (κ2) is 7.82. The third-order valence-corrected chi connectivity index (χ3v) is 4.15. The maximum atomic E-state index is 11.7. The number of hydrogen-bond donors (Lipinski definition) is 3. The van der Waals surface area contributed by atoms with Crippen molar-refractivity contribution in [1.82, 2.24) is 10.6 Å². The maximum absolute atomic E-state index is 11.7. The van der Waals surface area contributed by atoms with Gasteiger partial charge in [-0.3, -0.25) is 4.79 Å². The Morgan fingerprint density at radius 3 is 2.74 bits per heavy atom. The zero-order valence-corrected chi connectivity index (χ0v) is 11.6. The van der Waals surface area contributed by atoms with Crippen molar-refractivity contribution < 1.29 is 14.6 Å². The number of hydrogen-bond acceptors (Lipinski definition) is 4. The number of carbonyl (C=O) groups is 1. The molecule has 2 fully saturated rings. The Kier molecular flexibility index (Phi) is 6.07. The summed E-state index contributed by atoms with van der Waals surface area (Å²) in [6.07, 6.45) is 5.54. The summed E-state index contributed by atoms with van der Waals surface area (Å²) in [5, 5.41) is 15.9. The predicted molar refractivity (Wildman–Crippen MR) is 72.8 cm³/mol. The van der Waals surface area contributed by atoms with Gasteiger partial charge in [-0.1, -0.05) is 6.42 Å². The lowest BCUT2D eigenvalue weighted by Crippen LogP contribution is -2.35. The van der Waals surface area contributed by atoms with Crippen molar-refractivity contribution in [2.75, 3.05) is 26.2 Å². The van der Waals surface area contributed by atoms with Crippen molar-refractivity contribution >= 4 is 5.91 Å². The quantitative estimate of drug-likeness (QED) is 0.654. The second-order valence-electron chi connectivity index (χ2n) is 5.63. The van der Waals surface area contributed by atoms with Crippen molar-refractivity contribution in [3.8, 4) is 0 Å². The Morgan fingerprint density at radius 2 is 2.05 bits per heavy atom. The molecule has 1 saturated carbocycles. The summed E-state index contributed by atoms with van der Waals surface area (Å²) < 4.78 is 5.70. The Bertz CT molecular complexity index is 280. The van der Waals surface area contributed by atoms with E-state index in [1.165, 1.54) is 0 Å². The number of carbonyl (C=O) groups excluding carboxylic acids is 1. The molecule has 0 aromatic rings. The second-order valence-corrected chi connectivity index (χ2v) is 5.63. The van der Waals surface area contributed by atoms with Gasteiger partial charge in [0.2, 0.25) is 5.91 Å². The van der Waals surface area contributed by atoms with Crippen LogP contribution in [0.4, 0.5) is 0 Å². The average molecular weight is 270 g/mol. The van der Waals surface area contributed by atoms with Crippen LogP contribution in [0.1, 0.15) is 38.5 Å². The molecule has 1 heterocycles. The van der Waals surface area contributed by atoms with Gasteiger partial charge in [0, 0.05) is 18.9 Å². The molecule has 2 aliphatic rings. The van der Waals surface area contributed by atoms with Gasteiger partial charge in [-0.05, 0) is 38.8 Å². The van der Waals surface area contributed by atoms with E-state index in [-0.39, 0.29) is 17.9 Å². The largest absolute Gasteiger partial charge is 0.393 e. The summed E-state index contributed by atoms with van der Waals surface area (Å²) in [6, 6.07) is 0. The highest BCUT2D eigenvalue weighted by Gasteiger charge is 2.25. The van der Waals surface area contributed by atoms with E-state index in [0.717, 1.165) is 45.2 Å². The number of amides is 1. The van der Waals surface area contributed by atoms with Crippen LogP contribution in [0.3, 0.4) is 0 Å². The number of rotatable bonds is 6. The number of nitrogens with one attached hydrogen (secondary N) is 2. The summed E-state index contributed by atoms with van der Waals surface area (Å²) in [7, 11) is 0. The van der Waals surface area contributed by atoms with Crippen molar-refractivity contribution in [3.05, 3.63) is 0 Å². The van der Waals surface area contributed by atoms with Crippen LogP contribution in [0.2, 0.25) is 0 Å². The number of piperidine rings is 1. The molecule has 1 amide bonds. The van der Waals surface area contributed by atoms with Gasteiger partial charge < -0.3 is 20.5 Å². The number of ether oxygens (including phenoxy) is 1. The van der Waals surface area contributed by atoms with Crippen LogP contribution in [0.15, 0.2) is 0 Å². The molecule has 3 N–H and O–H groups in total. The van der Waals surface area contributed by atoms with E-state index in [1.807, 2.05) is 0 Å². The van der Waals surface area contributed by atoms with Crippen LogP contribution in [-0.2, 0) is 9.53 Å². The summed E-state index contributed by atoms with van der Waals surface area (Å²) in [5.74, 6) is 0.280. The lowest BCUT2D eigenvalue weighted by molar-refractivity contribution is -0.123. The molecule has 5 nitrogen and oxygen atoms in total. The monoisotopic (exact) mass is 270 g/mol. The van der Waals surface area contributed by atoms with E-state index in [9.17, 15) is 9.90 Å². The molecule has 1 aliphatic carbocycles. The fraction of sp³-hybridized carbons (Fsp3) is 0.929. The van der Waals surface area contributed by atoms with E-state index >= 15 is 0 Å². The van der Waals surface area contributed by atoms with E-state index < -0.39 is 0 Å². The Hall–Kier alpha value is -0.650. The van der Waals surface area contributed by atoms with E-state index in [0.29, 0.717) is 25.7 Å². The highest BCUT2D eigenvalue weighted by atomic mass is 16.5. The Labute approximate surface area is 115 Å². The minimum atomic E-state index is -0.230. The molecule has 2 atom stereocenters. The van der Waals surface area contributed by atoms with Crippen LogP contribution < -0.4 is 10.6 Å². The molecule has 0 bridgehead atoms. The minimum Gasteiger partial charge on any atom is -0.393 e. The molecule has 0 radical (unpaired) electrons. The van der Waals surface area contributed by atoms with Crippen molar-refractivity contribution in [2.45, 2.75) is 50.7 Å². The first-order chi connectivity index (χ1) is 9.25. The van der Waals surface area contributed by atoms with Gasteiger partial charge in [-0.15, -0.1) is 0 Å². The molecule has 1 aliphatic heterocycles. The zero-order chi connectivity index (χ0) is 13.5. The highest BCUT2D eigenvalue weighted by Crippen LogP contribution is 2.24. The van der Waals surface area contributed by atoms with Gasteiger partial charge >= 0.3 is 0 Å². The molecule has 5 heteroatoms. The lowest BCUT2D eigenvalue weighted by Gasteiger charge is -2.22. The number of aliphatic hydroxyl groups excluding tert-OH is 1. The third kappa shape index (κ3) is 5.09. The first kappa shape index (κ1) is 14.8. The van der Waals surface area contributed by atoms with Gasteiger partial charge in [0.05, 0.1) is 18.8 Å². The predicted octanol–water partition coefficient (Wildman–Crippen LogP) is 0.422. The van der Waals surface area contributed by atoms with Crippen LogP contribution in [0.5, 0.6) is 0 Å². The molecular formula is C14H26N2O3. The fourth-order valence-electron chi connectivity index (χ4n) is 2.87. The van der Waals surface area contributed by atoms with Gasteiger partial charge in [0.15, 0.2) is 0 Å². The van der Waals surface area contributed by atoms with E-state index in [4.69, 9.17) is 4.74 Å². The fourth-order valence-corrected chi connectivity index (χ4v) is 2.87. The summed E-state index contributed by atoms with van der Waals surface area (Å²) in [6.45, 7) is 3.13. The van der Waals surface area contributed by atoms with Gasteiger partial charge in [0.25, 0.3) is 0 Å². The topological polar surface area (TPSA) is 70.6 Å². The molecule has 0 aromatic heterocycles. The molecule has 1 saturated heterocycles. The summed E-state index contributed by atoms with van der Waals surface area (Å²) in [5.41, 5.74) is 0. The minimum absolute atomic E-state index is 0.0352. The van der Waals surface area contributed by atoms with Crippen molar-refractivity contribution in [2.24, 2.45) is 5.92 Å². The Balaban J connectivity index is 1.51. The SMILES string of the molecule is O=C(CCOC1CCNCC1)NCC1CCCC1O. The summed E-state index contributed by atoms with van der Waals surface area (Å²) in [4.78, 5) is 11.7. The van der Waals surface area contributed by atoms with Crippen molar-refractivity contribution in [3.63, 3.8) is 0 Å². The van der Waals surface area contributed by atoms with Gasteiger partial charge in [0.1, 0.15) is 0 Å². The standard InChI is InChI=1S/C14H26N2O3/c17-13-3-1-2-11(13)10-16-14(18)6-9-19-12-4-7-15-8-5-12/h11-13,15,17H,1-10H2,(H,16,18). The molecule has 19 heavy (non-hydrogen) atoms. The molecule has 0 spiro atoms. The highest BCUT2D eigenvalue weighted by molar-refractivity contribution is 5.75. The van der Waals surface area contributed by atoms with Crippen LogP contribution in [0, 0.1) is 5.92 Å². The average Bonchev–Trinajstić information content (AvgIpc) is 2.83. The van der Waals surface area contributed by atoms with Crippen LogP contribution >= 0.6 is 0 Å². The van der Waals surface area contributed by atoms with Crippen molar-refractivity contribution in [1.29, 1.82) is 0 Å². The maximum Gasteiger partial charge on any atom is 0.222 e. The molecule has 110 valence electrons. The van der Waals surface area contributed by atoms with Crippen LogP contribution in [0.25, 0.3) is 0 Å². The molecular weight excluding hydrogens is 244 g/mol. The summed E-state index contributed by atoms with van der Waals surface area (Å²) >= 11 is 0. The van der Waals surface area contributed by atoms with E-state index in [1.54, 1.807) is 0 Å². The molecule has 2 rings (SSSR count). The number of aliphatic hydroxyl groups is 1. The first-order valence-corrected chi connectivity index (χ1v) is 7.53. The first-order valence-electron chi connectivity index (χ1n) is 7.53. The normalized spacial score (nSPS) is 28.5.